The fourth-order valence-corrected chi connectivity index (χ4v) is 23.6. The van der Waals surface area contributed by atoms with Crippen molar-refractivity contribution in [2.75, 3.05) is 28.2 Å². The number of amides is 3. The van der Waals surface area contributed by atoms with Gasteiger partial charge in [-0.1, -0.05) is 107 Å². The van der Waals surface area contributed by atoms with Crippen LogP contribution in [0.1, 0.15) is 165 Å². The van der Waals surface area contributed by atoms with Crippen molar-refractivity contribution in [3.05, 3.63) is 129 Å². The first kappa shape index (κ1) is 64.6. The zero-order valence-corrected chi connectivity index (χ0v) is 54.9. The van der Waals surface area contributed by atoms with Crippen LogP contribution in [0.4, 0.5) is 8.78 Å². The van der Waals surface area contributed by atoms with Gasteiger partial charge < -0.3 is 38.1 Å². The Labute approximate surface area is 497 Å². The summed E-state index contributed by atoms with van der Waals surface area (Å²) in [6.07, 6.45) is 4.54. The molecule has 84 heavy (non-hydrogen) atoms. The molecule has 2 aliphatic heterocycles. The van der Waals surface area contributed by atoms with Gasteiger partial charge in [0, 0.05) is 62.5 Å². The summed E-state index contributed by atoms with van der Waals surface area (Å²) >= 11 is 0. The third kappa shape index (κ3) is 12.3. The molecule has 0 radical (unpaired) electrons. The molecule has 0 saturated heterocycles. The van der Waals surface area contributed by atoms with Crippen molar-refractivity contribution in [3.63, 3.8) is 0 Å². The summed E-state index contributed by atoms with van der Waals surface area (Å²) in [4.78, 5) is 67.4. The first-order valence-electron chi connectivity index (χ1n) is 29.3. The third-order valence-electron chi connectivity index (χ3n) is 17.1. The van der Waals surface area contributed by atoms with Crippen LogP contribution < -0.4 is 18.3 Å². The lowest BCUT2D eigenvalue weighted by Crippen LogP contribution is -2.51. The van der Waals surface area contributed by atoms with Gasteiger partial charge >= 0.3 is 5.97 Å². The molecular weight excluding hydrogens is 1100 g/mol. The van der Waals surface area contributed by atoms with Crippen LogP contribution in [0, 0.1) is 11.6 Å². The number of benzene rings is 4. The number of nitrogens with zero attached hydrogens (tertiary/aromatic N) is 5. The number of hydrogen-bond donors (Lipinski definition) is 1. The van der Waals surface area contributed by atoms with Gasteiger partial charge in [0.15, 0.2) is 11.2 Å². The maximum atomic E-state index is 13.8. The van der Waals surface area contributed by atoms with Gasteiger partial charge in [0.25, 0.3) is 34.4 Å². The van der Waals surface area contributed by atoms with E-state index in [9.17, 15) is 33.1 Å². The Bertz CT molecular complexity index is 3430. The Morgan fingerprint density at radius 1 is 0.560 bits per heavy atom. The molecule has 0 aliphatic carbocycles. The summed E-state index contributed by atoms with van der Waals surface area (Å²) in [5, 5.41) is 11.2. The second-order valence-corrected chi connectivity index (χ2v) is 36.8. The van der Waals surface area contributed by atoms with Crippen LogP contribution in [0.25, 0.3) is 21.8 Å². The molecule has 6 aromatic rings. The SMILES string of the molecule is CC(C)[Si](Oc1c2c(c(OC(C)(C)C(=O)N(C)C)c3cc(Cc4ccc(F)cc4)cnc13)CN(C)C2=O)(C(C)C)C(C)C.CC(C)[Si](Oc1c2c(c(OC(C)(C)C(=O)O)c3cc(Cc4ccc(F)cc4)cnc13)CN(C)C2=O)(C(C)C)C(C)C. The number of carbonyl (C=O) groups excluding carboxylic acids is 3. The average Bonchev–Trinajstić information content (AvgIpc) is 1.48. The van der Waals surface area contributed by atoms with Gasteiger partial charge in [0.2, 0.25) is 0 Å². The van der Waals surface area contributed by atoms with Crippen molar-refractivity contribution in [1.29, 1.82) is 0 Å². The summed E-state index contributed by atoms with van der Waals surface area (Å²) in [6.45, 7) is 33.4. The maximum Gasteiger partial charge on any atom is 0.347 e. The van der Waals surface area contributed by atoms with E-state index >= 15 is 0 Å². The first-order chi connectivity index (χ1) is 39.1. The van der Waals surface area contributed by atoms with Crippen molar-refractivity contribution in [3.8, 4) is 23.0 Å². The number of carboxylic acids is 1. The summed E-state index contributed by atoms with van der Waals surface area (Å²) in [6, 6.07) is 16.6. The minimum Gasteiger partial charge on any atom is -0.541 e. The van der Waals surface area contributed by atoms with Gasteiger partial charge in [-0.05, 0) is 132 Å². The minimum absolute atomic E-state index is 0.148. The van der Waals surface area contributed by atoms with Crippen LogP contribution in [0.2, 0.25) is 33.2 Å². The van der Waals surface area contributed by atoms with Gasteiger partial charge in [0.1, 0.15) is 45.7 Å². The largest absolute Gasteiger partial charge is 0.541 e. The molecule has 0 bridgehead atoms. The van der Waals surface area contributed by atoms with E-state index in [2.05, 4.69) is 83.1 Å². The molecule has 18 heteroatoms. The van der Waals surface area contributed by atoms with Gasteiger partial charge in [-0.15, -0.1) is 0 Å². The molecule has 14 nitrogen and oxygen atoms in total. The van der Waals surface area contributed by atoms with E-state index in [-0.39, 0.29) is 69.1 Å². The highest BCUT2D eigenvalue weighted by atomic mass is 28.4. The van der Waals surface area contributed by atoms with Gasteiger partial charge in [-0.3, -0.25) is 24.4 Å². The Morgan fingerprint density at radius 2 is 0.881 bits per heavy atom. The van der Waals surface area contributed by atoms with Crippen LogP contribution in [0.5, 0.6) is 23.0 Å². The van der Waals surface area contributed by atoms with Crippen molar-refractivity contribution < 1.29 is 51.4 Å². The van der Waals surface area contributed by atoms with E-state index < -0.39 is 33.8 Å². The number of halogens is 2. The monoisotopic (exact) mass is 1190 g/mol. The molecule has 0 atom stereocenters. The molecular formula is C66H87F2N5O9Si2. The molecule has 4 aromatic carbocycles. The number of rotatable bonds is 20. The second kappa shape index (κ2) is 24.6. The van der Waals surface area contributed by atoms with Gasteiger partial charge in [0.05, 0.1) is 24.2 Å². The number of aliphatic carboxylic acids is 1. The standard InChI is InChI=1S/C34H46FN3O4Si.C32H41FN2O5Si/c1-20(2)43(21(3)4,22(5)6)42-31-28-27(19-38(11)32(28)39)30(41-34(7,8)33(40)37(9)10)26-17-24(18-36-29(26)31)16-23-12-14-25(35)15-13-23;1-18(2)41(19(3)4,20(5)6)40-29-26-25(17-35(9)30(26)36)28(39-32(7,8)31(37)38)24-15-22(16-34-27(24)29)14-21-10-12-23(33)13-11-21/h12-15,17-18,20-22H,16,19H2,1-11H3;10-13,15-16,18-20H,14,17H2,1-9H3,(H,37,38). The predicted octanol–water partition coefficient (Wildman–Crippen LogP) is 14.7. The Kier molecular flexibility index (Phi) is 18.9. The number of carbonyl (C=O) groups is 4. The van der Waals surface area contributed by atoms with E-state index in [4.69, 9.17) is 28.3 Å². The van der Waals surface area contributed by atoms with Crippen LogP contribution in [-0.4, -0.2) is 109 Å². The highest BCUT2D eigenvalue weighted by molar-refractivity contribution is 6.79. The topological polar surface area (TPSA) is 161 Å². The normalized spacial score (nSPS) is 13.9. The zero-order valence-electron chi connectivity index (χ0n) is 52.9. The zero-order chi connectivity index (χ0) is 62.5. The average molecular weight is 1190 g/mol. The molecule has 2 aliphatic rings. The smallest absolute Gasteiger partial charge is 0.347 e. The van der Waals surface area contributed by atoms with Crippen molar-refractivity contribution in [2.24, 2.45) is 0 Å². The molecule has 0 saturated carbocycles. The molecule has 0 unspecified atom stereocenters. The minimum atomic E-state index is -2.52. The quantitative estimate of drug-likeness (QED) is 0.0725. The third-order valence-corrected chi connectivity index (χ3v) is 29.0. The summed E-state index contributed by atoms with van der Waals surface area (Å²) < 4.78 is 54.5. The fraction of sp³-hybridized carbons (Fsp3) is 0.485. The molecule has 452 valence electrons. The fourth-order valence-electron chi connectivity index (χ4n) is 13.0. The second-order valence-electron chi connectivity index (χ2n) is 26.0. The van der Waals surface area contributed by atoms with E-state index in [1.54, 1.807) is 88.5 Å². The number of hydrogen-bond acceptors (Lipinski definition) is 10. The molecule has 3 amide bonds. The number of likely N-dealkylation sites (N-methyl/N-ethyl adjacent to an activating group) is 1. The summed E-state index contributed by atoms with van der Waals surface area (Å²) in [5.74, 6) is -0.510. The van der Waals surface area contributed by atoms with E-state index in [1.165, 1.54) is 43.0 Å². The molecule has 4 heterocycles. The van der Waals surface area contributed by atoms with Gasteiger partial charge in [-0.25, -0.2) is 13.6 Å². The summed E-state index contributed by atoms with van der Waals surface area (Å²) in [7, 11) is 1.84. The maximum absolute atomic E-state index is 13.8. The van der Waals surface area contributed by atoms with Crippen LogP contribution in [0.15, 0.2) is 73.1 Å². The van der Waals surface area contributed by atoms with Crippen molar-refractivity contribution in [1.82, 2.24) is 24.7 Å². The highest BCUT2D eigenvalue weighted by Gasteiger charge is 2.51. The number of carboxylic acid groups (broad SMARTS) is 1. The number of aromatic nitrogens is 2. The molecule has 2 aromatic heterocycles. The first-order valence-corrected chi connectivity index (χ1v) is 33.5. The van der Waals surface area contributed by atoms with Crippen molar-refractivity contribution >= 4 is 62.1 Å². The van der Waals surface area contributed by atoms with Crippen LogP contribution in [-0.2, 0) is 35.5 Å². The lowest BCUT2D eigenvalue weighted by Gasteiger charge is -2.42. The lowest BCUT2D eigenvalue weighted by molar-refractivity contribution is -0.152. The molecule has 0 fully saturated rings. The molecule has 8 rings (SSSR count). The van der Waals surface area contributed by atoms with Crippen molar-refractivity contribution in [2.45, 2.75) is 181 Å². The van der Waals surface area contributed by atoms with E-state index in [0.29, 0.717) is 86.4 Å². The van der Waals surface area contributed by atoms with Crippen LogP contribution in [0.3, 0.4) is 0 Å². The summed E-state index contributed by atoms with van der Waals surface area (Å²) in [5.41, 5.74) is 5.58. The number of ether oxygens (including phenoxy) is 2. The Morgan fingerprint density at radius 3 is 1.18 bits per heavy atom. The van der Waals surface area contributed by atoms with Gasteiger partial charge in [-0.2, -0.15) is 0 Å². The van der Waals surface area contributed by atoms with E-state index in [1.807, 2.05) is 12.1 Å². The number of fused-ring (bicyclic) bond motifs is 4. The van der Waals surface area contributed by atoms with Crippen LogP contribution >= 0.6 is 0 Å². The molecule has 0 spiro atoms. The predicted molar refractivity (Wildman–Crippen MR) is 333 cm³/mol. The molecule has 1 N–H and O–H groups in total. The highest BCUT2D eigenvalue weighted by Crippen LogP contribution is 2.52. The number of pyridine rings is 2. The Hall–Kier alpha value is -6.93. The van der Waals surface area contributed by atoms with E-state index in [0.717, 1.165) is 22.3 Å². The lowest BCUT2D eigenvalue weighted by atomic mass is 9.98. The Balaban J connectivity index is 0.000000241.